The van der Waals surface area contributed by atoms with Gasteiger partial charge in [0.25, 0.3) is 0 Å². The van der Waals surface area contributed by atoms with Gasteiger partial charge in [0.05, 0.1) is 12.5 Å². The standard InChI is InChI=1S/C19H22O3/c20-16-12-17(22-19(21)13-16)11-10-15-8-4-5-9-18(15)14-6-2-1-3-7-14/h4-6,8-11,16-17,20H,1-3,7,12-13H2. The Bertz CT molecular complexity index is 600. The molecule has 22 heavy (non-hydrogen) atoms. The summed E-state index contributed by atoms with van der Waals surface area (Å²) in [6.07, 6.45) is 10.7. The second kappa shape index (κ2) is 6.93. The lowest BCUT2D eigenvalue weighted by Gasteiger charge is -2.23. The van der Waals surface area contributed by atoms with Crippen LogP contribution in [-0.4, -0.2) is 23.3 Å². The zero-order chi connectivity index (χ0) is 15.4. The minimum atomic E-state index is -0.591. The zero-order valence-electron chi connectivity index (χ0n) is 12.7. The van der Waals surface area contributed by atoms with E-state index in [4.69, 9.17) is 4.74 Å². The van der Waals surface area contributed by atoms with Crippen LogP contribution in [0.25, 0.3) is 11.6 Å². The Hall–Kier alpha value is -1.87. The molecule has 3 rings (SSSR count). The summed E-state index contributed by atoms with van der Waals surface area (Å²) < 4.78 is 5.26. The number of esters is 1. The van der Waals surface area contributed by atoms with E-state index in [1.165, 1.54) is 24.0 Å². The summed E-state index contributed by atoms with van der Waals surface area (Å²) in [6.45, 7) is 0. The molecular weight excluding hydrogens is 276 g/mol. The molecule has 116 valence electrons. The van der Waals surface area contributed by atoms with Crippen LogP contribution in [0.15, 0.2) is 36.4 Å². The number of aliphatic hydroxyl groups excluding tert-OH is 1. The maximum atomic E-state index is 11.4. The van der Waals surface area contributed by atoms with Crippen LogP contribution in [0.2, 0.25) is 0 Å². The molecule has 1 aliphatic heterocycles. The Morgan fingerprint density at radius 1 is 1.23 bits per heavy atom. The van der Waals surface area contributed by atoms with E-state index < -0.39 is 6.10 Å². The second-order valence-corrected chi connectivity index (χ2v) is 6.04. The first-order valence-corrected chi connectivity index (χ1v) is 8.06. The number of aliphatic hydroxyl groups is 1. The average molecular weight is 298 g/mol. The van der Waals surface area contributed by atoms with Crippen LogP contribution in [0.4, 0.5) is 0 Å². The summed E-state index contributed by atoms with van der Waals surface area (Å²) >= 11 is 0. The van der Waals surface area contributed by atoms with Crippen LogP contribution in [0, 0.1) is 0 Å². The molecule has 1 aromatic carbocycles. The van der Waals surface area contributed by atoms with E-state index in [1.807, 2.05) is 18.2 Å². The highest BCUT2D eigenvalue weighted by Gasteiger charge is 2.25. The molecule has 0 amide bonds. The van der Waals surface area contributed by atoms with Gasteiger partial charge in [-0.1, -0.05) is 36.4 Å². The van der Waals surface area contributed by atoms with Crippen molar-refractivity contribution in [2.75, 3.05) is 0 Å². The van der Waals surface area contributed by atoms with E-state index in [0.717, 1.165) is 18.4 Å². The fourth-order valence-electron chi connectivity index (χ4n) is 3.16. The lowest BCUT2D eigenvalue weighted by Crippen LogP contribution is -2.31. The molecule has 2 aliphatic rings. The molecule has 0 aromatic heterocycles. The average Bonchev–Trinajstić information content (AvgIpc) is 2.53. The highest BCUT2D eigenvalue weighted by molar-refractivity contribution is 5.75. The maximum absolute atomic E-state index is 11.4. The first kappa shape index (κ1) is 15.0. The summed E-state index contributed by atoms with van der Waals surface area (Å²) in [6, 6.07) is 8.32. The van der Waals surface area contributed by atoms with Gasteiger partial charge < -0.3 is 9.84 Å². The molecule has 1 aliphatic carbocycles. The van der Waals surface area contributed by atoms with E-state index in [-0.39, 0.29) is 18.5 Å². The Morgan fingerprint density at radius 3 is 2.86 bits per heavy atom. The summed E-state index contributed by atoms with van der Waals surface area (Å²) in [4.78, 5) is 11.4. The van der Waals surface area contributed by atoms with Crippen molar-refractivity contribution in [2.24, 2.45) is 0 Å². The molecule has 1 saturated heterocycles. The van der Waals surface area contributed by atoms with Gasteiger partial charge in [0.2, 0.25) is 0 Å². The molecule has 3 nitrogen and oxygen atoms in total. The van der Waals surface area contributed by atoms with Gasteiger partial charge >= 0.3 is 5.97 Å². The minimum Gasteiger partial charge on any atom is -0.458 e. The molecule has 2 unspecified atom stereocenters. The van der Waals surface area contributed by atoms with Crippen LogP contribution < -0.4 is 0 Å². The Morgan fingerprint density at radius 2 is 2.09 bits per heavy atom. The van der Waals surface area contributed by atoms with Crippen molar-refractivity contribution in [1.82, 2.24) is 0 Å². The first-order chi connectivity index (χ1) is 10.7. The summed E-state index contributed by atoms with van der Waals surface area (Å²) in [5.74, 6) is -0.323. The third-order valence-corrected chi connectivity index (χ3v) is 4.28. The molecule has 2 atom stereocenters. The number of benzene rings is 1. The normalized spacial score (nSPS) is 25.9. The predicted molar refractivity (Wildman–Crippen MR) is 87.0 cm³/mol. The van der Waals surface area contributed by atoms with Gasteiger partial charge in [0, 0.05) is 6.42 Å². The number of rotatable bonds is 3. The SMILES string of the molecule is O=C1CC(O)CC(C=Cc2ccccc2C2=CCCCC2)O1. The van der Waals surface area contributed by atoms with E-state index >= 15 is 0 Å². The predicted octanol–water partition coefficient (Wildman–Crippen LogP) is 3.72. The Labute approximate surface area is 131 Å². The summed E-state index contributed by atoms with van der Waals surface area (Å²) in [5, 5.41) is 9.66. The van der Waals surface area contributed by atoms with Crippen molar-refractivity contribution in [2.45, 2.75) is 50.7 Å². The molecule has 1 N–H and O–H groups in total. The van der Waals surface area contributed by atoms with Crippen molar-refractivity contribution in [3.8, 4) is 0 Å². The van der Waals surface area contributed by atoms with Gasteiger partial charge in [-0.15, -0.1) is 0 Å². The summed E-state index contributed by atoms with van der Waals surface area (Å²) in [5.41, 5.74) is 3.82. The van der Waals surface area contributed by atoms with Gasteiger partial charge in [-0.05, 0) is 48.5 Å². The lowest BCUT2D eigenvalue weighted by atomic mass is 9.90. The molecule has 0 radical (unpaired) electrons. The van der Waals surface area contributed by atoms with Gasteiger partial charge in [-0.2, -0.15) is 0 Å². The first-order valence-electron chi connectivity index (χ1n) is 8.06. The van der Waals surface area contributed by atoms with Crippen LogP contribution in [-0.2, 0) is 9.53 Å². The highest BCUT2D eigenvalue weighted by Crippen LogP contribution is 2.30. The third kappa shape index (κ3) is 3.66. The molecular formula is C19H22O3. The van der Waals surface area contributed by atoms with Gasteiger partial charge in [0.1, 0.15) is 6.10 Å². The quantitative estimate of drug-likeness (QED) is 0.865. The Balaban J connectivity index is 1.78. The molecule has 0 bridgehead atoms. The van der Waals surface area contributed by atoms with Crippen molar-refractivity contribution >= 4 is 17.6 Å². The monoisotopic (exact) mass is 298 g/mol. The summed E-state index contributed by atoms with van der Waals surface area (Å²) in [7, 11) is 0. The van der Waals surface area contributed by atoms with Crippen LogP contribution >= 0.6 is 0 Å². The molecule has 3 heteroatoms. The number of carbonyl (C=O) groups excluding carboxylic acids is 1. The van der Waals surface area contributed by atoms with E-state index in [2.05, 4.69) is 24.3 Å². The fourth-order valence-corrected chi connectivity index (χ4v) is 3.16. The molecule has 0 spiro atoms. The molecule has 0 saturated carbocycles. The number of allylic oxidation sites excluding steroid dienone is 2. The Kier molecular flexibility index (Phi) is 4.74. The number of ether oxygens (including phenoxy) is 1. The largest absolute Gasteiger partial charge is 0.458 e. The minimum absolute atomic E-state index is 0.105. The topological polar surface area (TPSA) is 46.5 Å². The van der Waals surface area contributed by atoms with Gasteiger partial charge in [-0.3, -0.25) is 4.79 Å². The smallest absolute Gasteiger partial charge is 0.309 e. The van der Waals surface area contributed by atoms with E-state index in [9.17, 15) is 9.90 Å². The fraction of sp³-hybridized carbons (Fsp3) is 0.421. The van der Waals surface area contributed by atoms with Crippen LogP contribution in [0.3, 0.4) is 0 Å². The van der Waals surface area contributed by atoms with Crippen molar-refractivity contribution < 1.29 is 14.6 Å². The van der Waals surface area contributed by atoms with Crippen LogP contribution in [0.5, 0.6) is 0 Å². The van der Waals surface area contributed by atoms with Crippen molar-refractivity contribution in [1.29, 1.82) is 0 Å². The second-order valence-electron chi connectivity index (χ2n) is 6.04. The highest BCUT2D eigenvalue weighted by atomic mass is 16.5. The molecule has 1 aromatic rings. The van der Waals surface area contributed by atoms with Crippen molar-refractivity contribution in [3.63, 3.8) is 0 Å². The van der Waals surface area contributed by atoms with Gasteiger partial charge in [-0.25, -0.2) is 0 Å². The van der Waals surface area contributed by atoms with Crippen molar-refractivity contribution in [3.05, 3.63) is 47.5 Å². The number of hydrogen-bond donors (Lipinski definition) is 1. The zero-order valence-corrected chi connectivity index (χ0v) is 12.7. The van der Waals surface area contributed by atoms with E-state index in [0.29, 0.717) is 6.42 Å². The number of hydrogen-bond acceptors (Lipinski definition) is 3. The number of cyclic esters (lactones) is 1. The maximum Gasteiger partial charge on any atom is 0.309 e. The lowest BCUT2D eigenvalue weighted by molar-refractivity contribution is -0.156. The number of carbonyl (C=O) groups is 1. The molecule has 1 fully saturated rings. The van der Waals surface area contributed by atoms with Crippen LogP contribution in [0.1, 0.15) is 49.7 Å². The van der Waals surface area contributed by atoms with E-state index in [1.54, 1.807) is 0 Å². The third-order valence-electron chi connectivity index (χ3n) is 4.28. The molecule has 1 heterocycles. The van der Waals surface area contributed by atoms with Gasteiger partial charge in [0.15, 0.2) is 0 Å².